The molecule has 35 heavy (non-hydrogen) atoms. The van der Waals surface area contributed by atoms with Gasteiger partial charge in [-0.05, 0) is 61.6 Å². The summed E-state index contributed by atoms with van der Waals surface area (Å²) in [6.45, 7) is 3.32. The maximum atomic E-state index is 12.8. The molecule has 1 aliphatic rings. The van der Waals surface area contributed by atoms with Gasteiger partial charge in [-0.3, -0.25) is 4.79 Å². The zero-order valence-corrected chi connectivity index (χ0v) is 19.6. The fourth-order valence-corrected chi connectivity index (χ4v) is 3.90. The number of aromatic nitrogens is 2. The summed E-state index contributed by atoms with van der Waals surface area (Å²) in [4.78, 5) is 26.0. The number of para-hydroxylation sites is 1. The van der Waals surface area contributed by atoms with E-state index in [2.05, 4.69) is 27.2 Å². The summed E-state index contributed by atoms with van der Waals surface area (Å²) in [7, 11) is 2.08. The SMILES string of the molecule is CN1CCN(C(=O)c2ccc(-c3nccc(Nc4ccc(Oc5ccccc5)cc4)n3)cc2)CC1. The van der Waals surface area contributed by atoms with E-state index >= 15 is 0 Å². The third kappa shape index (κ3) is 5.65. The van der Waals surface area contributed by atoms with Gasteiger partial charge in [0.1, 0.15) is 17.3 Å². The number of ether oxygens (including phenoxy) is 1. The molecule has 1 fully saturated rings. The molecule has 0 bridgehead atoms. The number of hydrogen-bond donors (Lipinski definition) is 1. The minimum Gasteiger partial charge on any atom is -0.457 e. The fraction of sp³-hybridized carbons (Fsp3) is 0.179. The van der Waals surface area contributed by atoms with Crippen LogP contribution in [0.15, 0.2) is 91.1 Å². The lowest BCUT2D eigenvalue weighted by molar-refractivity contribution is 0.0664. The Morgan fingerprint density at radius 2 is 1.51 bits per heavy atom. The average Bonchev–Trinajstić information content (AvgIpc) is 2.91. The Hall–Kier alpha value is -4.23. The molecule has 0 spiro atoms. The van der Waals surface area contributed by atoms with E-state index in [1.807, 2.05) is 89.8 Å². The molecule has 0 radical (unpaired) electrons. The van der Waals surface area contributed by atoms with Crippen molar-refractivity contribution in [1.29, 1.82) is 0 Å². The van der Waals surface area contributed by atoms with Crippen LogP contribution in [0.2, 0.25) is 0 Å². The van der Waals surface area contributed by atoms with E-state index in [0.29, 0.717) is 17.2 Å². The number of likely N-dealkylation sites (N-methyl/N-ethyl adjacent to an activating group) is 1. The normalized spacial score (nSPS) is 13.9. The molecule has 3 aromatic carbocycles. The van der Waals surface area contributed by atoms with Crippen LogP contribution in [0.3, 0.4) is 0 Å². The van der Waals surface area contributed by atoms with Gasteiger partial charge in [-0.1, -0.05) is 30.3 Å². The van der Waals surface area contributed by atoms with Gasteiger partial charge in [-0.2, -0.15) is 0 Å². The van der Waals surface area contributed by atoms with Gasteiger partial charge in [0, 0.05) is 49.2 Å². The Kier molecular flexibility index (Phi) is 6.68. The highest BCUT2D eigenvalue weighted by molar-refractivity contribution is 5.94. The Morgan fingerprint density at radius 3 is 2.23 bits per heavy atom. The third-order valence-electron chi connectivity index (χ3n) is 5.94. The second-order valence-corrected chi connectivity index (χ2v) is 8.50. The lowest BCUT2D eigenvalue weighted by atomic mass is 10.1. The van der Waals surface area contributed by atoms with Gasteiger partial charge in [0.15, 0.2) is 5.82 Å². The number of carbonyl (C=O) groups excluding carboxylic acids is 1. The first kappa shape index (κ1) is 22.6. The molecule has 0 saturated carbocycles. The van der Waals surface area contributed by atoms with Crippen LogP contribution in [0.4, 0.5) is 11.5 Å². The Morgan fingerprint density at radius 1 is 0.829 bits per heavy atom. The van der Waals surface area contributed by atoms with E-state index in [-0.39, 0.29) is 5.91 Å². The maximum absolute atomic E-state index is 12.8. The predicted molar refractivity (Wildman–Crippen MR) is 137 cm³/mol. The number of piperazine rings is 1. The van der Waals surface area contributed by atoms with Crippen molar-refractivity contribution in [3.8, 4) is 22.9 Å². The third-order valence-corrected chi connectivity index (χ3v) is 5.94. The number of benzene rings is 3. The van der Waals surface area contributed by atoms with Crippen molar-refractivity contribution in [3.63, 3.8) is 0 Å². The molecular formula is C28H27N5O2. The van der Waals surface area contributed by atoms with Crippen molar-refractivity contribution >= 4 is 17.4 Å². The summed E-state index contributed by atoms with van der Waals surface area (Å²) in [5.41, 5.74) is 2.43. The topological polar surface area (TPSA) is 70.6 Å². The first-order chi connectivity index (χ1) is 17.1. The van der Waals surface area contributed by atoms with Gasteiger partial charge in [0.25, 0.3) is 5.91 Å². The summed E-state index contributed by atoms with van der Waals surface area (Å²) in [6, 6.07) is 26.7. The predicted octanol–water partition coefficient (Wildman–Crippen LogP) is 5.07. The van der Waals surface area contributed by atoms with Crippen LogP contribution in [-0.2, 0) is 0 Å². The number of rotatable bonds is 6. The molecule has 1 aliphatic heterocycles. The van der Waals surface area contributed by atoms with Crippen molar-refractivity contribution < 1.29 is 9.53 Å². The number of anilines is 2. The van der Waals surface area contributed by atoms with E-state index < -0.39 is 0 Å². The Bertz CT molecular complexity index is 1270. The number of hydrogen-bond acceptors (Lipinski definition) is 6. The lowest BCUT2D eigenvalue weighted by Gasteiger charge is -2.32. The minimum absolute atomic E-state index is 0.0701. The second-order valence-electron chi connectivity index (χ2n) is 8.50. The number of nitrogens with one attached hydrogen (secondary N) is 1. The highest BCUT2D eigenvalue weighted by Crippen LogP contribution is 2.25. The van der Waals surface area contributed by atoms with Gasteiger partial charge in [-0.15, -0.1) is 0 Å². The van der Waals surface area contributed by atoms with Gasteiger partial charge in [0.05, 0.1) is 0 Å². The highest BCUT2D eigenvalue weighted by atomic mass is 16.5. The molecule has 1 N–H and O–H groups in total. The molecule has 7 heteroatoms. The molecule has 2 heterocycles. The fourth-order valence-electron chi connectivity index (χ4n) is 3.90. The van der Waals surface area contributed by atoms with Gasteiger partial charge in [0.2, 0.25) is 0 Å². The number of nitrogens with zero attached hydrogens (tertiary/aromatic N) is 4. The molecule has 1 amide bonds. The van der Waals surface area contributed by atoms with Crippen molar-refractivity contribution in [1.82, 2.24) is 19.8 Å². The standard InChI is InChI=1S/C28H27N5O2/c1-32-17-19-33(20-18-32)28(34)22-9-7-21(8-10-22)27-29-16-15-26(31-27)30-23-11-13-25(14-12-23)35-24-5-3-2-4-6-24/h2-16H,17-20H2,1H3,(H,29,30,31). The molecule has 176 valence electrons. The van der Waals surface area contributed by atoms with E-state index in [1.165, 1.54) is 0 Å². The highest BCUT2D eigenvalue weighted by Gasteiger charge is 2.20. The second kappa shape index (κ2) is 10.4. The maximum Gasteiger partial charge on any atom is 0.253 e. The van der Waals surface area contributed by atoms with Gasteiger partial charge < -0.3 is 19.9 Å². The zero-order valence-electron chi connectivity index (χ0n) is 19.6. The Labute approximate surface area is 205 Å². The number of amides is 1. The molecule has 1 aromatic heterocycles. The molecule has 0 aliphatic carbocycles. The molecule has 4 aromatic rings. The summed E-state index contributed by atoms with van der Waals surface area (Å²) in [5.74, 6) is 2.91. The first-order valence-corrected chi connectivity index (χ1v) is 11.7. The smallest absolute Gasteiger partial charge is 0.253 e. The van der Waals surface area contributed by atoms with E-state index in [9.17, 15) is 4.79 Å². The number of carbonyl (C=O) groups is 1. The van der Waals surface area contributed by atoms with Gasteiger partial charge >= 0.3 is 0 Å². The van der Waals surface area contributed by atoms with E-state index in [4.69, 9.17) is 4.74 Å². The molecular weight excluding hydrogens is 438 g/mol. The monoisotopic (exact) mass is 465 g/mol. The van der Waals surface area contributed by atoms with Crippen molar-refractivity contribution in [2.75, 3.05) is 38.5 Å². The average molecular weight is 466 g/mol. The van der Waals surface area contributed by atoms with Crippen LogP contribution in [0.25, 0.3) is 11.4 Å². The molecule has 0 unspecified atom stereocenters. The van der Waals surface area contributed by atoms with Crippen LogP contribution in [-0.4, -0.2) is 58.9 Å². The van der Waals surface area contributed by atoms with Crippen molar-refractivity contribution in [2.45, 2.75) is 0 Å². The summed E-state index contributed by atoms with van der Waals surface area (Å²) >= 11 is 0. The molecule has 1 saturated heterocycles. The van der Waals surface area contributed by atoms with Crippen LogP contribution >= 0.6 is 0 Å². The van der Waals surface area contributed by atoms with Gasteiger partial charge in [-0.25, -0.2) is 9.97 Å². The minimum atomic E-state index is 0.0701. The summed E-state index contributed by atoms with van der Waals surface area (Å²) < 4.78 is 5.85. The lowest BCUT2D eigenvalue weighted by Crippen LogP contribution is -2.47. The summed E-state index contributed by atoms with van der Waals surface area (Å²) in [6.07, 6.45) is 1.72. The first-order valence-electron chi connectivity index (χ1n) is 11.7. The van der Waals surface area contributed by atoms with Crippen LogP contribution in [0.5, 0.6) is 11.5 Å². The molecule has 5 rings (SSSR count). The van der Waals surface area contributed by atoms with Crippen molar-refractivity contribution in [2.24, 2.45) is 0 Å². The molecule has 7 nitrogen and oxygen atoms in total. The zero-order chi connectivity index (χ0) is 24.0. The molecule has 0 atom stereocenters. The van der Waals surface area contributed by atoms with E-state index in [1.54, 1.807) is 6.20 Å². The summed E-state index contributed by atoms with van der Waals surface area (Å²) in [5, 5.41) is 3.31. The van der Waals surface area contributed by atoms with Crippen molar-refractivity contribution in [3.05, 3.63) is 96.7 Å². The van der Waals surface area contributed by atoms with Crippen LogP contribution < -0.4 is 10.1 Å². The van der Waals surface area contributed by atoms with E-state index in [0.717, 1.165) is 48.9 Å². The quantitative estimate of drug-likeness (QED) is 0.429. The largest absolute Gasteiger partial charge is 0.457 e. The Balaban J connectivity index is 1.24. The van der Waals surface area contributed by atoms with Crippen LogP contribution in [0.1, 0.15) is 10.4 Å². The van der Waals surface area contributed by atoms with Crippen LogP contribution in [0, 0.1) is 0 Å².